The lowest BCUT2D eigenvalue weighted by molar-refractivity contribution is 0.101. The fourth-order valence-electron chi connectivity index (χ4n) is 2.70. The molecule has 0 radical (unpaired) electrons. The zero-order valence-electron chi connectivity index (χ0n) is 12.9. The molecule has 1 aliphatic rings. The smallest absolute Gasteiger partial charge is 0.272 e. The number of hydrogen-bond acceptors (Lipinski definition) is 4. The zero-order chi connectivity index (χ0) is 17.3. The van der Waals surface area contributed by atoms with Crippen LogP contribution in [0.25, 0.3) is 0 Å². The van der Waals surface area contributed by atoms with Gasteiger partial charge in [0.05, 0.1) is 4.90 Å². The van der Waals surface area contributed by atoms with E-state index in [9.17, 15) is 9.18 Å². The van der Waals surface area contributed by atoms with Crippen molar-refractivity contribution in [3.63, 3.8) is 0 Å². The number of rotatable bonds is 2. The van der Waals surface area contributed by atoms with Gasteiger partial charge >= 0.3 is 0 Å². The van der Waals surface area contributed by atoms with E-state index in [1.807, 2.05) is 0 Å². The molecule has 1 unspecified atom stereocenters. The molecule has 0 aliphatic carbocycles. The van der Waals surface area contributed by atoms with Crippen LogP contribution in [0.5, 0.6) is 0 Å². The molecule has 0 spiro atoms. The van der Waals surface area contributed by atoms with E-state index < -0.39 is 22.7 Å². The first-order chi connectivity index (χ1) is 11.5. The van der Waals surface area contributed by atoms with Crippen LogP contribution in [0.3, 0.4) is 0 Å². The Morgan fingerprint density at radius 1 is 1.58 bits per heavy atom. The number of nitriles is 1. The van der Waals surface area contributed by atoms with E-state index in [4.69, 9.17) is 10.0 Å². The summed E-state index contributed by atoms with van der Waals surface area (Å²) in [4.78, 5) is 16.9. The number of amides is 1. The van der Waals surface area contributed by atoms with Crippen LogP contribution in [0.4, 0.5) is 10.1 Å². The monoisotopic (exact) mass is 346 g/mol. The molecule has 124 valence electrons. The number of anilines is 1. The highest BCUT2D eigenvalue weighted by Gasteiger charge is 2.24. The van der Waals surface area contributed by atoms with Gasteiger partial charge in [-0.15, -0.1) is 0 Å². The van der Waals surface area contributed by atoms with E-state index in [1.54, 1.807) is 23.9 Å². The number of aryl methyl sites for hydroxylation is 1. The fourth-order valence-corrected chi connectivity index (χ4v) is 3.91. The predicted molar refractivity (Wildman–Crippen MR) is 87.0 cm³/mol. The summed E-state index contributed by atoms with van der Waals surface area (Å²) in [5, 5.41) is 11.5. The molecule has 2 aromatic rings. The van der Waals surface area contributed by atoms with Gasteiger partial charge in [0.1, 0.15) is 17.5 Å². The van der Waals surface area contributed by atoms with E-state index >= 15 is 0 Å². The quantitative estimate of drug-likeness (QED) is 0.722. The molecule has 0 saturated heterocycles. The van der Waals surface area contributed by atoms with Gasteiger partial charge in [-0.05, 0) is 35.3 Å². The molecule has 9 heteroatoms. The van der Waals surface area contributed by atoms with E-state index in [0.29, 0.717) is 12.1 Å². The van der Waals surface area contributed by atoms with Crippen molar-refractivity contribution in [1.29, 1.82) is 10.0 Å². The van der Waals surface area contributed by atoms with Crippen molar-refractivity contribution in [2.24, 2.45) is 7.05 Å². The molecule has 1 aliphatic heterocycles. The van der Waals surface area contributed by atoms with Crippen molar-refractivity contribution in [2.75, 3.05) is 11.9 Å². The zero-order valence-corrected chi connectivity index (χ0v) is 13.7. The average molecular weight is 346 g/mol. The third kappa shape index (κ3) is 3.06. The van der Waals surface area contributed by atoms with Crippen LogP contribution < -0.4 is 10.0 Å². The second-order valence-electron chi connectivity index (χ2n) is 5.37. The van der Waals surface area contributed by atoms with Crippen LogP contribution in [-0.2, 0) is 24.3 Å². The fraction of sp³-hybridized carbons (Fsp3) is 0.267. The summed E-state index contributed by atoms with van der Waals surface area (Å²) < 4.78 is 26.3. The lowest BCUT2D eigenvalue weighted by atomic mass is 10.1. The normalized spacial score (nSPS) is 16.8. The Hall–Kier alpha value is -2.57. The molecule has 2 aromatic heterocycles. The molecule has 3 heterocycles. The summed E-state index contributed by atoms with van der Waals surface area (Å²) in [6.07, 6.45) is 3.32. The Bertz CT molecular complexity index is 885. The van der Waals surface area contributed by atoms with Gasteiger partial charge in [-0.2, -0.15) is 9.65 Å². The Morgan fingerprint density at radius 2 is 2.38 bits per heavy atom. The van der Waals surface area contributed by atoms with Crippen molar-refractivity contribution in [3.05, 3.63) is 41.2 Å². The van der Waals surface area contributed by atoms with Crippen LogP contribution in [0.2, 0.25) is 0 Å². The van der Waals surface area contributed by atoms with Crippen LogP contribution in [0, 0.1) is 22.1 Å². The van der Waals surface area contributed by atoms with Crippen molar-refractivity contribution < 1.29 is 9.18 Å². The standard InChI is InChI=1S/C15H15FN6OS/c1-22-8-12-11(3-2-4-19-24(12)18)14(22)15(23)21-9-5-10(7-17)20-13(16)6-9/h5-6,8H,2-4H2,1H3,(H2,18,19)(H,20,21,23). The van der Waals surface area contributed by atoms with Gasteiger partial charge in [-0.3, -0.25) is 14.3 Å². The molecule has 0 fully saturated rings. The Balaban J connectivity index is 1.95. The number of fused-ring (bicyclic) bond motifs is 1. The molecule has 24 heavy (non-hydrogen) atoms. The van der Waals surface area contributed by atoms with Gasteiger partial charge < -0.3 is 9.88 Å². The molecule has 0 aromatic carbocycles. The van der Waals surface area contributed by atoms with Gasteiger partial charge in [-0.1, -0.05) is 0 Å². The SMILES string of the molecule is Cn1cc2c(c1C(=O)Nc1cc(F)nc(C#N)c1)CCCNS2=N. The molecule has 3 rings (SSSR count). The van der Waals surface area contributed by atoms with Crippen LogP contribution in [0.15, 0.2) is 23.2 Å². The molecule has 7 nitrogen and oxygen atoms in total. The van der Waals surface area contributed by atoms with Crippen molar-refractivity contribution in [2.45, 2.75) is 17.7 Å². The van der Waals surface area contributed by atoms with E-state index in [2.05, 4.69) is 15.0 Å². The van der Waals surface area contributed by atoms with E-state index in [-0.39, 0.29) is 11.4 Å². The summed E-state index contributed by atoms with van der Waals surface area (Å²) in [6.45, 7) is 0.729. The predicted octanol–water partition coefficient (Wildman–Crippen LogP) is 1.87. The number of pyridine rings is 1. The number of nitrogens with zero attached hydrogens (tertiary/aromatic N) is 3. The number of halogens is 1. The number of carbonyl (C=O) groups excluding carboxylic acids is 1. The maximum atomic E-state index is 13.4. The minimum Gasteiger partial charge on any atom is -0.345 e. The Labute approximate surface area is 140 Å². The molecule has 0 bridgehead atoms. The largest absolute Gasteiger partial charge is 0.345 e. The van der Waals surface area contributed by atoms with Crippen molar-refractivity contribution in [1.82, 2.24) is 14.3 Å². The third-order valence-electron chi connectivity index (χ3n) is 3.70. The summed E-state index contributed by atoms with van der Waals surface area (Å²) in [7, 11) is 0.887. The van der Waals surface area contributed by atoms with E-state index in [0.717, 1.165) is 29.5 Å². The molecule has 1 amide bonds. The lowest BCUT2D eigenvalue weighted by Gasteiger charge is -2.09. The molecule has 1 atom stereocenters. The van der Waals surface area contributed by atoms with Gasteiger partial charge in [0, 0.05) is 31.5 Å². The molecule has 0 saturated carbocycles. The average Bonchev–Trinajstić information content (AvgIpc) is 2.77. The second-order valence-corrected chi connectivity index (χ2v) is 6.71. The van der Waals surface area contributed by atoms with Crippen LogP contribution in [-0.4, -0.2) is 22.0 Å². The lowest BCUT2D eigenvalue weighted by Crippen LogP contribution is -2.18. The van der Waals surface area contributed by atoms with Crippen molar-refractivity contribution in [3.8, 4) is 6.07 Å². The highest BCUT2D eigenvalue weighted by Crippen LogP contribution is 2.25. The Kier molecular flexibility index (Phi) is 4.42. The van der Waals surface area contributed by atoms with Crippen LogP contribution >= 0.6 is 0 Å². The van der Waals surface area contributed by atoms with Gasteiger partial charge in [0.25, 0.3) is 5.91 Å². The van der Waals surface area contributed by atoms with E-state index in [1.165, 1.54) is 6.07 Å². The van der Waals surface area contributed by atoms with Crippen LogP contribution in [0.1, 0.15) is 28.2 Å². The topological polar surface area (TPSA) is 107 Å². The number of hydrogen-bond donors (Lipinski definition) is 3. The first-order valence-electron chi connectivity index (χ1n) is 7.26. The highest BCUT2D eigenvalue weighted by atomic mass is 32.2. The summed E-state index contributed by atoms with van der Waals surface area (Å²) in [6, 6.07) is 4.14. The van der Waals surface area contributed by atoms with Gasteiger partial charge in [0.15, 0.2) is 0 Å². The third-order valence-corrected chi connectivity index (χ3v) is 4.98. The number of aromatic nitrogens is 2. The second kappa shape index (κ2) is 6.51. The van der Waals surface area contributed by atoms with Gasteiger partial charge in [0.2, 0.25) is 5.95 Å². The molecular formula is C15H15FN6OS. The van der Waals surface area contributed by atoms with Gasteiger partial charge in [-0.25, -0.2) is 4.98 Å². The molecular weight excluding hydrogens is 331 g/mol. The highest BCUT2D eigenvalue weighted by molar-refractivity contribution is 7.84. The minimum atomic E-state index is -0.858. The minimum absolute atomic E-state index is 0.104. The number of carbonyl (C=O) groups is 1. The Morgan fingerprint density at radius 3 is 3.12 bits per heavy atom. The molecule has 3 N–H and O–H groups in total. The number of nitrogens with one attached hydrogen (secondary N) is 3. The maximum absolute atomic E-state index is 13.4. The first kappa shape index (κ1) is 16.3. The maximum Gasteiger partial charge on any atom is 0.272 e. The summed E-state index contributed by atoms with van der Waals surface area (Å²) >= 11 is 0. The first-order valence-corrected chi connectivity index (χ1v) is 8.48. The van der Waals surface area contributed by atoms with Crippen molar-refractivity contribution >= 4 is 22.5 Å². The summed E-state index contributed by atoms with van der Waals surface area (Å²) in [5.41, 5.74) is 1.37. The summed E-state index contributed by atoms with van der Waals surface area (Å²) in [5.74, 6) is -1.22.